The van der Waals surface area contributed by atoms with Crippen LogP contribution in [0, 0.1) is 18.7 Å². The first kappa shape index (κ1) is 64.6. The van der Waals surface area contributed by atoms with Crippen LogP contribution in [0.3, 0.4) is 0 Å². The number of esters is 1. The van der Waals surface area contributed by atoms with Gasteiger partial charge in [0.25, 0.3) is 17.4 Å². The summed E-state index contributed by atoms with van der Waals surface area (Å²) in [5.74, 6) is -3.81. The maximum absolute atomic E-state index is 15.5. The van der Waals surface area contributed by atoms with Crippen LogP contribution < -0.4 is 43.6 Å². The normalized spacial score (nSPS) is 17.8. The summed E-state index contributed by atoms with van der Waals surface area (Å²) in [5.41, 5.74) is 15.0. The van der Waals surface area contributed by atoms with Gasteiger partial charge in [0.15, 0.2) is 9.65 Å². The average molecular weight is 1330 g/mol. The van der Waals surface area contributed by atoms with Crippen LogP contribution in [-0.2, 0) is 84.2 Å². The zero-order valence-electron chi connectivity index (χ0n) is 49.2. The van der Waals surface area contributed by atoms with E-state index in [-0.39, 0.29) is 81.9 Å². The number of hydrogen-bond acceptors (Lipinski definition) is 18. The molecule has 10 N–H and O–H groups in total. The Labute approximate surface area is 519 Å². The molecule has 27 heteroatoms. The lowest BCUT2D eigenvalue weighted by Crippen LogP contribution is -2.58. The van der Waals surface area contributed by atoms with Crippen LogP contribution in [0.1, 0.15) is 102 Å². The number of aromatic nitrogens is 2. The van der Waals surface area contributed by atoms with Crippen molar-refractivity contribution in [3.63, 3.8) is 0 Å². The van der Waals surface area contributed by atoms with Crippen molar-refractivity contribution in [3.8, 4) is 11.4 Å². The van der Waals surface area contributed by atoms with Crippen molar-refractivity contribution < 1.29 is 71.5 Å². The lowest BCUT2D eigenvalue weighted by Gasteiger charge is -2.40. The summed E-state index contributed by atoms with van der Waals surface area (Å²) in [5, 5.41) is 26.1. The van der Waals surface area contributed by atoms with Crippen LogP contribution in [0.2, 0.25) is 0 Å². The number of hydrogen-bond donors (Lipinski definition) is 8. The Kier molecular flexibility index (Phi) is 21.0. The molecule has 0 bridgehead atoms. The van der Waals surface area contributed by atoms with E-state index in [1.54, 1.807) is 92.8 Å². The number of amides is 6. The number of anilines is 3. The first-order valence-corrected chi connectivity index (χ1v) is 30.4. The molecule has 88 heavy (non-hydrogen) atoms. The molecule has 5 aromatic rings. The van der Waals surface area contributed by atoms with E-state index >= 15 is 4.39 Å². The van der Waals surface area contributed by atoms with Crippen molar-refractivity contribution in [2.24, 2.45) is 5.92 Å². The van der Waals surface area contributed by atoms with Crippen molar-refractivity contribution in [1.29, 1.82) is 0 Å². The lowest BCUT2D eigenvalue weighted by molar-refractivity contribution is -0.172. The molecular formula is C61H72FIN10O15. The largest absolute Gasteiger partial charge is 0.458 e. The van der Waals surface area contributed by atoms with Gasteiger partial charge in [-0.15, -0.1) is 0 Å². The van der Waals surface area contributed by atoms with Crippen molar-refractivity contribution in [2.75, 3.05) is 82.7 Å². The number of nitrogens with one attached hydrogen (secondary N) is 5. The minimum atomic E-state index is -2.05. The summed E-state index contributed by atoms with van der Waals surface area (Å²) in [7, 11) is 0. The van der Waals surface area contributed by atoms with Crippen molar-refractivity contribution in [1.82, 2.24) is 35.7 Å². The van der Waals surface area contributed by atoms with Crippen LogP contribution in [0.15, 0.2) is 59.4 Å². The van der Waals surface area contributed by atoms with Crippen molar-refractivity contribution in [3.05, 3.63) is 115 Å². The molecule has 1 unspecified atom stereocenters. The molecule has 0 saturated carbocycles. The van der Waals surface area contributed by atoms with Crippen LogP contribution in [-0.4, -0.2) is 143 Å². The molecule has 1 saturated heterocycles. The number of carbonyl (C=O) groups excluding carboxylic acids is 7. The number of halogens is 2. The Balaban J connectivity index is 0.672. The van der Waals surface area contributed by atoms with E-state index in [9.17, 15) is 43.5 Å². The number of aliphatic hydroxyl groups is 1. The van der Waals surface area contributed by atoms with Gasteiger partial charge in [0.05, 0.1) is 99.3 Å². The number of nitrogen functional groups attached to an aromatic ring is 2. The van der Waals surface area contributed by atoms with Crippen molar-refractivity contribution >= 4 is 92.2 Å². The minimum absolute atomic E-state index is 0.0128. The number of nitrogens with zero attached hydrogens (tertiary/aromatic N) is 3. The highest BCUT2D eigenvalue weighted by Crippen LogP contribution is 2.46. The summed E-state index contributed by atoms with van der Waals surface area (Å²) in [6.07, 6.45) is 0.422. The second kappa shape index (κ2) is 28.6. The maximum atomic E-state index is 15.5. The summed E-state index contributed by atoms with van der Waals surface area (Å²) in [6, 6.07) is 11.7. The number of fused-ring (bicyclic) bond motifs is 5. The molecule has 470 valence electrons. The molecule has 0 spiro atoms. The Morgan fingerprint density at radius 1 is 0.864 bits per heavy atom. The Morgan fingerprint density at radius 3 is 2.22 bits per heavy atom. The van der Waals surface area contributed by atoms with Crippen LogP contribution in [0.25, 0.3) is 22.3 Å². The lowest BCUT2D eigenvalue weighted by atomic mass is 9.81. The van der Waals surface area contributed by atoms with Crippen LogP contribution >= 0.6 is 22.6 Å². The van der Waals surface area contributed by atoms with E-state index < -0.39 is 74.8 Å². The van der Waals surface area contributed by atoms with Gasteiger partial charge in [-0.05, 0) is 120 Å². The third-order valence-corrected chi connectivity index (χ3v) is 16.9. The summed E-state index contributed by atoms with van der Waals surface area (Å²) in [4.78, 5) is 112. The van der Waals surface area contributed by atoms with Crippen LogP contribution in [0.4, 0.5) is 26.2 Å². The number of ether oxygens (including phenoxy) is 6. The second-order valence-electron chi connectivity index (χ2n) is 22.1. The molecule has 2 aromatic heterocycles. The second-order valence-corrected chi connectivity index (χ2v) is 23.4. The fourth-order valence-electron chi connectivity index (χ4n) is 11.0. The van der Waals surface area contributed by atoms with Gasteiger partial charge in [0, 0.05) is 53.3 Å². The zero-order valence-corrected chi connectivity index (χ0v) is 51.4. The molecule has 1 aliphatic carbocycles. The SMILES string of the molecule is CC[C@]1(O)C(=O)OCc2c1cc1n(c2=O)Cc2c-1nc1cc(F)c(C)c3c1c2[C@H](NC(=O)[C@H]1CCN1C(=O)OCc1ccc(NC(=O)C(I)NC(=O)[C@@H](NC(=O)CCOCCOCCOCCOCCNC(=O)c2ccc(N)c(N)c2)C(C)C)cc1)CC3. The quantitative estimate of drug-likeness (QED) is 0.00900. The van der Waals surface area contributed by atoms with Gasteiger partial charge < -0.3 is 76.1 Å². The predicted octanol–water partition coefficient (Wildman–Crippen LogP) is 4.05. The number of alkyl halides is 1. The molecular weight excluding hydrogens is 1260 g/mol. The van der Waals surface area contributed by atoms with Gasteiger partial charge in [-0.25, -0.2) is 19.0 Å². The molecule has 25 nitrogen and oxygen atoms in total. The number of benzene rings is 3. The highest BCUT2D eigenvalue weighted by molar-refractivity contribution is 14.1. The minimum Gasteiger partial charge on any atom is -0.458 e. The van der Waals surface area contributed by atoms with E-state index in [0.717, 1.165) is 5.56 Å². The first-order chi connectivity index (χ1) is 42.2. The predicted molar refractivity (Wildman–Crippen MR) is 327 cm³/mol. The number of aryl methyl sites for hydroxylation is 1. The third-order valence-electron chi connectivity index (χ3n) is 16.1. The highest BCUT2D eigenvalue weighted by Gasteiger charge is 2.47. The van der Waals surface area contributed by atoms with E-state index in [1.165, 1.54) is 21.6 Å². The zero-order chi connectivity index (χ0) is 63.0. The molecule has 3 aromatic carbocycles. The highest BCUT2D eigenvalue weighted by atomic mass is 127. The van der Waals surface area contributed by atoms with Gasteiger partial charge >= 0.3 is 12.1 Å². The molecule has 6 amide bonds. The molecule has 5 atom stereocenters. The summed E-state index contributed by atoms with van der Waals surface area (Å²) < 4.78 is 48.8. The smallest absolute Gasteiger partial charge is 0.410 e. The average Bonchev–Trinajstić information content (AvgIpc) is 1.48. The van der Waals surface area contributed by atoms with Crippen molar-refractivity contribution in [2.45, 2.75) is 107 Å². The van der Waals surface area contributed by atoms with Gasteiger partial charge in [-0.1, -0.05) is 32.9 Å². The first-order valence-electron chi connectivity index (χ1n) is 29.1. The topological polar surface area (TPSA) is 345 Å². The number of rotatable bonds is 27. The van der Waals surface area contributed by atoms with Gasteiger partial charge in [-0.3, -0.25) is 33.7 Å². The third kappa shape index (κ3) is 14.3. The number of pyridine rings is 2. The molecule has 0 radical (unpaired) electrons. The number of likely N-dealkylation sites (tertiary alicyclic amines) is 1. The number of nitrogens with two attached hydrogens (primary N) is 2. The summed E-state index contributed by atoms with van der Waals surface area (Å²) >= 11 is 1.79. The molecule has 1 fully saturated rings. The van der Waals surface area contributed by atoms with Gasteiger partial charge in [0.2, 0.25) is 17.7 Å². The Hall–Kier alpha value is -7.83. The van der Waals surface area contributed by atoms with Gasteiger partial charge in [0.1, 0.15) is 31.1 Å². The molecule has 9 rings (SSSR count). The molecule has 3 aliphatic heterocycles. The summed E-state index contributed by atoms with van der Waals surface area (Å²) in [6.45, 7) is 9.26. The Morgan fingerprint density at radius 2 is 1.56 bits per heavy atom. The van der Waals surface area contributed by atoms with Gasteiger partial charge in [-0.2, -0.15) is 0 Å². The van der Waals surface area contributed by atoms with Crippen LogP contribution in [0.5, 0.6) is 0 Å². The standard InChI is InChI=1S/C61H72FIN10O15/c1-5-61(82)40-27-47-52-38(29-73(47)58(79)39(40)31-87-59(61)80)50-44(13-11-37-33(4)41(62)28-45(68-52)49(37)50)69-55(76)46-14-17-72(46)60(81)88-30-34-6-9-36(10-7-34)67-57(78)53(63)71-56(77)51(32(2)3)70-48(74)15-18-83-20-22-85-24-25-86-23-21-84-19-16-66-54(75)35-8-12-42(64)43(65)26-35/h6-10,12,26-28,32,44,46,51,53,82H,5,11,13-25,29-31,64-65H2,1-4H3,(H,66,75)(H,67,78)(H,69,76)(H,70,74)(H,71,77)/t44-,46-,51+,53?,61-/m1/s1. The molecule has 4 aliphatic rings. The van der Waals surface area contributed by atoms with E-state index in [2.05, 4.69) is 26.6 Å². The monoisotopic (exact) mass is 1330 g/mol. The maximum Gasteiger partial charge on any atom is 0.410 e. The van der Waals surface area contributed by atoms with E-state index in [4.69, 9.17) is 44.9 Å². The molecule has 5 heterocycles. The number of cyclic esters (lactones) is 1. The Bertz CT molecular complexity index is 3570. The fraction of sp³-hybridized carbons (Fsp3) is 0.459. The van der Waals surface area contributed by atoms with E-state index in [0.29, 0.717) is 126 Å². The van der Waals surface area contributed by atoms with E-state index in [1.807, 2.05) is 0 Å². The number of carbonyl (C=O) groups is 7. The fourth-order valence-corrected chi connectivity index (χ4v) is 11.5.